The minimum atomic E-state index is -0.304. The van der Waals surface area contributed by atoms with Crippen LogP contribution in [0, 0.1) is 5.82 Å². The standard InChI is InChI=1S/C11H14ClFO/c1-2-14-11-8-9(4-3-7-12)5-6-10(11)13/h5-6,8H,2-4,7H2,1H3. The van der Waals surface area contributed by atoms with Crippen molar-refractivity contribution in [3.8, 4) is 5.75 Å². The third-order valence-corrected chi connectivity index (χ3v) is 2.16. The fraction of sp³-hybridized carbons (Fsp3) is 0.455. The van der Waals surface area contributed by atoms with Gasteiger partial charge in [0.1, 0.15) is 0 Å². The van der Waals surface area contributed by atoms with E-state index in [-0.39, 0.29) is 5.82 Å². The highest BCUT2D eigenvalue weighted by Crippen LogP contribution is 2.19. The molecule has 0 unspecified atom stereocenters. The summed E-state index contributed by atoms with van der Waals surface area (Å²) in [5.41, 5.74) is 1.07. The number of hydrogen-bond acceptors (Lipinski definition) is 1. The molecule has 0 radical (unpaired) electrons. The molecule has 0 saturated carbocycles. The van der Waals surface area contributed by atoms with Crippen LogP contribution >= 0.6 is 11.6 Å². The van der Waals surface area contributed by atoms with Crippen molar-refractivity contribution in [2.75, 3.05) is 12.5 Å². The molecule has 0 aromatic heterocycles. The van der Waals surface area contributed by atoms with Crippen LogP contribution in [0.1, 0.15) is 18.9 Å². The van der Waals surface area contributed by atoms with Crippen LogP contribution in [0.4, 0.5) is 4.39 Å². The van der Waals surface area contributed by atoms with Crippen LogP contribution in [-0.2, 0) is 6.42 Å². The van der Waals surface area contributed by atoms with Crippen LogP contribution in [0.25, 0.3) is 0 Å². The summed E-state index contributed by atoms with van der Waals surface area (Å²) in [5.74, 6) is 0.655. The summed E-state index contributed by atoms with van der Waals surface area (Å²) >= 11 is 5.58. The average Bonchev–Trinajstić information content (AvgIpc) is 2.19. The van der Waals surface area contributed by atoms with E-state index in [2.05, 4.69) is 0 Å². The normalized spacial score (nSPS) is 10.2. The Balaban J connectivity index is 2.72. The van der Waals surface area contributed by atoms with E-state index < -0.39 is 0 Å². The summed E-state index contributed by atoms with van der Waals surface area (Å²) in [5, 5.41) is 0. The van der Waals surface area contributed by atoms with Gasteiger partial charge < -0.3 is 4.74 Å². The topological polar surface area (TPSA) is 9.23 Å². The summed E-state index contributed by atoms with van der Waals surface area (Å²) in [4.78, 5) is 0. The van der Waals surface area contributed by atoms with Gasteiger partial charge >= 0.3 is 0 Å². The molecule has 0 saturated heterocycles. The zero-order chi connectivity index (χ0) is 10.4. The Hall–Kier alpha value is -0.760. The van der Waals surface area contributed by atoms with Crippen molar-refractivity contribution in [1.82, 2.24) is 0 Å². The van der Waals surface area contributed by atoms with Crippen molar-refractivity contribution in [3.63, 3.8) is 0 Å². The third kappa shape index (κ3) is 3.18. The second-order valence-corrected chi connectivity index (χ2v) is 3.37. The van der Waals surface area contributed by atoms with Crippen molar-refractivity contribution >= 4 is 11.6 Å². The third-order valence-electron chi connectivity index (χ3n) is 1.89. The predicted octanol–water partition coefficient (Wildman–Crippen LogP) is 3.40. The molecule has 1 rings (SSSR count). The second kappa shape index (κ2) is 5.86. The van der Waals surface area contributed by atoms with Crippen LogP contribution in [0.5, 0.6) is 5.75 Å². The molecule has 3 heteroatoms. The molecule has 0 aliphatic carbocycles. The Bertz CT molecular complexity index is 289. The van der Waals surface area contributed by atoms with E-state index in [1.165, 1.54) is 6.07 Å². The molecule has 1 aromatic carbocycles. The lowest BCUT2D eigenvalue weighted by Gasteiger charge is -2.06. The maximum atomic E-state index is 13.1. The van der Waals surface area contributed by atoms with E-state index in [1.807, 2.05) is 6.92 Å². The van der Waals surface area contributed by atoms with E-state index >= 15 is 0 Å². The van der Waals surface area contributed by atoms with Gasteiger partial charge in [0.15, 0.2) is 11.6 Å². The summed E-state index contributed by atoms with van der Waals surface area (Å²) in [6.07, 6.45) is 1.77. The van der Waals surface area contributed by atoms with Crippen molar-refractivity contribution in [2.45, 2.75) is 19.8 Å². The van der Waals surface area contributed by atoms with Crippen molar-refractivity contribution in [2.24, 2.45) is 0 Å². The van der Waals surface area contributed by atoms with Crippen LogP contribution in [0.2, 0.25) is 0 Å². The van der Waals surface area contributed by atoms with E-state index in [1.54, 1.807) is 12.1 Å². The van der Waals surface area contributed by atoms with Gasteiger partial charge in [0.2, 0.25) is 0 Å². The minimum absolute atomic E-state index is 0.304. The average molecular weight is 217 g/mol. The van der Waals surface area contributed by atoms with Crippen LogP contribution in [0.3, 0.4) is 0 Å². The number of ether oxygens (including phenoxy) is 1. The van der Waals surface area contributed by atoms with Crippen LogP contribution < -0.4 is 4.74 Å². The van der Waals surface area contributed by atoms with Gasteiger partial charge in [-0.1, -0.05) is 6.07 Å². The van der Waals surface area contributed by atoms with E-state index in [0.29, 0.717) is 18.2 Å². The maximum Gasteiger partial charge on any atom is 0.165 e. The number of alkyl halides is 1. The summed E-state index contributed by atoms with van der Waals surface area (Å²) < 4.78 is 18.3. The van der Waals surface area contributed by atoms with Crippen molar-refractivity contribution < 1.29 is 9.13 Å². The molecular formula is C11H14ClFO. The van der Waals surface area contributed by atoms with Gasteiger partial charge in [0.25, 0.3) is 0 Å². The Morgan fingerprint density at radius 2 is 2.21 bits per heavy atom. The zero-order valence-corrected chi connectivity index (χ0v) is 8.98. The van der Waals surface area contributed by atoms with Gasteiger partial charge in [0, 0.05) is 5.88 Å². The molecule has 0 fully saturated rings. The Kier molecular flexibility index (Phi) is 4.74. The Morgan fingerprint density at radius 1 is 1.43 bits per heavy atom. The summed E-state index contributed by atoms with van der Waals surface area (Å²) in [7, 11) is 0. The largest absolute Gasteiger partial charge is 0.491 e. The van der Waals surface area contributed by atoms with Crippen molar-refractivity contribution in [3.05, 3.63) is 29.6 Å². The number of hydrogen-bond donors (Lipinski definition) is 0. The molecule has 78 valence electrons. The molecule has 0 N–H and O–H groups in total. The predicted molar refractivity (Wildman–Crippen MR) is 56.6 cm³/mol. The van der Waals surface area contributed by atoms with Gasteiger partial charge in [0.05, 0.1) is 6.61 Å². The smallest absolute Gasteiger partial charge is 0.165 e. The molecule has 1 aromatic rings. The van der Waals surface area contributed by atoms with Gasteiger partial charge in [-0.25, -0.2) is 4.39 Å². The molecule has 0 spiro atoms. The number of benzene rings is 1. The second-order valence-electron chi connectivity index (χ2n) is 2.99. The monoisotopic (exact) mass is 216 g/mol. The van der Waals surface area contributed by atoms with E-state index in [4.69, 9.17) is 16.3 Å². The first kappa shape index (κ1) is 11.3. The van der Waals surface area contributed by atoms with E-state index in [0.717, 1.165) is 18.4 Å². The first-order valence-electron chi connectivity index (χ1n) is 4.75. The van der Waals surface area contributed by atoms with Gasteiger partial charge in [-0.3, -0.25) is 0 Å². The van der Waals surface area contributed by atoms with Gasteiger partial charge in [-0.05, 0) is 37.5 Å². The molecule has 0 aliphatic rings. The van der Waals surface area contributed by atoms with Crippen LogP contribution in [-0.4, -0.2) is 12.5 Å². The lowest BCUT2D eigenvalue weighted by Crippen LogP contribution is -1.96. The molecule has 0 amide bonds. The first-order chi connectivity index (χ1) is 6.77. The fourth-order valence-electron chi connectivity index (χ4n) is 1.24. The highest BCUT2D eigenvalue weighted by atomic mass is 35.5. The highest BCUT2D eigenvalue weighted by molar-refractivity contribution is 6.17. The van der Waals surface area contributed by atoms with E-state index in [9.17, 15) is 4.39 Å². The molecule has 0 heterocycles. The fourth-order valence-corrected chi connectivity index (χ4v) is 1.37. The molecular weight excluding hydrogens is 203 g/mol. The van der Waals surface area contributed by atoms with Crippen LogP contribution in [0.15, 0.2) is 18.2 Å². The lowest BCUT2D eigenvalue weighted by atomic mass is 10.1. The molecule has 0 bridgehead atoms. The molecule has 1 nitrogen and oxygen atoms in total. The number of aryl methyl sites for hydroxylation is 1. The zero-order valence-electron chi connectivity index (χ0n) is 8.22. The van der Waals surface area contributed by atoms with Gasteiger partial charge in [-0.15, -0.1) is 11.6 Å². The number of halogens is 2. The van der Waals surface area contributed by atoms with Gasteiger partial charge in [-0.2, -0.15) is 0 Å². The highest BCUT2D eigenvalue weighted by Gasteiger charge is 2.03. The SMILES string of the molecule is CCOc1cc(CCCCl)ccc1F. The Labute approximate surface area is 88.8 Å². The quantitative estimate of drug-likeness (QED) is 0.686. The molecule has 0 aliphatic heterocycles. The molecule has 14 heavy (non-hydrogen) atoms. The first-order valence-corrected chi connectivity index (χ1v) is 5.28. The summed E-state index contributed by atoms with van der Waals surface area (Å²) in [6, 6.07) is 4.95. The summed E-state index contributed by atoms with van der Waals surface area (Å²) in [6.45, 7) is 2.32. The van der Waals surface area contributed by atoms with Crippen molar-refractivity contribution in [1.29, 1.82) is 0 Å². The lowest BCUT2D eigenvalue weighted by molar-refractivity contribution is 0.321. The minimum Gasteiger partial charge on any atom is -0.491 e. The number of rotatable bonds is 5. The maximum absolute atomic E-state index is 13.1. The Morgan fingerprint density at radius 3 is 2.86 bits per heavy atom. The molecule has 0 atom stereocenters.